The first-order valence-corrected chi connectivity index (χ1v) is 10.5. The second-order valence-corrected chi connectivity index (χ2v) is 8.29. The number of carbonyl (C=O) groups excluding carboxylic acids is 1. The lowest BCUT2D eigenvalue weighted by Gasteiger charge is -2.21. The van der Waals surface area contributed by atoms with Gasteiger partial charge >= 0.3 is 5.97 Å². The van der Waals surface area contributed by atoms with E-state index >= 15 is 0 Å². The number of carboxylic acids is 1. The van der Waals surface area contributed by atoms with Crippen molar-refractivity contribution in [3.63, 3.8) is 0 Å². The zero-order chi connectivity index (χ0) is 20.0. The molecule has 2 aromatic carbocycles. The summed E-state index contributed by atoms with van der Waals surface area (Å²) in [6.07, 6.45) is 2.12. The third kappa shape index (κ3) is 5.65. The van der Waals surface area contributed by atoms with Gasteiger partial charge in [0, 0.05) is 18.4 Å². The van der Waals surface area contributed by atoms with E-state index in [1.165, 1.54) is 11.0 Å². The minimum absolute atomic E-state index is 0.106. The number of nitrogens with zero attached hydrogens (tertiary/aromatic N) is 1. The fourth-order valence-corrected chi connectivity index (χ4v) is 3.86. The van der Waals surface area contributed by atoms with Gasteiger partial charge in [0.25, 0.3) is 5.91 Å². The number of hydrogen-bond donors (Lipinski definition) is 1. The Labute approximate surface area is 159 Å². The van der Waals surface area contributed by atoms with Crippen LogP contribution in [0, 0.1) is 0 Å². The summed E-state index contributed by atoms with van der Waals surface area (Å²) in [5.41, 5.74) is 1.78. The molecule has 0 spiro atoms. The Morgan fingerprint density at radius 3 is 2.30 bits per heavy atom. The first-order chi connectivity index (χ1) is 12.7. The van der Waals surface area contributed by atoms with Gasteiger partial charge in [0.15, 0.2) is 9.84 Å². The molecule has 2 aromatic rings. The highest BCUT2D eigenvalue weighted by Crippen LogP contribution is 2.20. The van der Waals surface area contributed by atoms with Crippen molar-refractivity contribution < 1.29 is 23.1 Å². The minimum Gasteiger partial charge on any atom is -0.480 e. The van der Waals surface area contributed by atoms with Crippen molar-refractivity contribution in [1.29, 1.82) is 0 Å². The van der Waals surface area contributed by atoms with E-state index in [-0.39, 0.29) is 17.0 Å². The van der Waals surface area contributed by atoms with Crippen molar-refractivity contribution in [2.45, 2.75) is 24.7 Å². The molecule has 7 heteroatoms. The first-order valence-electron chi connectivity index (χ1n) is 8.60. The number of carbonyl (C=O) groups is 2. The molecule has 27 heavy (non-hydrogen) atoms. The summed E-state index contributed by atoms with van der Waals surface area (Å²) in [7, 11) is -3.49. The summed E-state index contributed by atoms with van der Waals surface area (Å²) in [5, 5.41) is 9.15. The van der Waals surface area contributed by atoms with Gasteiger partial charge in [0.2, 0.25) is 0 Å². The molecule has 144 valence electrons. The van der Waals surface area contributed by atoms with E-state index in [1.807, 2.05) is 37.3 Å². The fraction of sp³-hybridized carbons (Fsp3) is 0.300. The SMILES string of the molecule is CCc1ccc(C(=O)N(CCc2ccccc2)CC(=O)O)cc1S(C)(=O)=O. The minimum atomic E-state index is -3.49. The van der Waals surface area contributed by atoms with Gasteiger partial charge in [0.1, 0.15) is 6.54 Å². The Hall–Kier alpha value is -2.67. The van der Waals surface area contributed by atoms with Crippen LogP contribution in [-0.4, -0.2) is 49.6 Å². The number of aliphatic carboxylic acids is 1. The predicted octanol–water partition coefficient (Wildman–Crippen LogP) is 2.42. The standard InChI is InChI=1S/C20H23NO5S/c1-3-16-9-10-17(13-18(16)27(2,25)26)20(24)21(14-19(22)23)12-11-15-7-5-4-6-8-15/h4-10,13H,3,11-12,14H2,1-2H3,(H,22,23). The molecule has 0 aliphatic carbocycles. The zero-order valence-electron chi connectivity index (χ0n) is 15.4. The van der Waals surface area contributed by atoms with Crippen molar-refractivity contribution >= 4 is 21.7 Å². The lowest BCUT2D eigenvalue weighted by atomic mass is 10.1. The molecule has 0 saturated carbocycles. The molecule has 1 amide bonds. The smallest absolute Gasteiger partial charge is 0.323 e. The second-order valence-electron chi connectivity index (χ2n) is 6.30. The molecule has 0 saturated heterocycles. The van der Waals surface area contributed by atoms with E-state index in [9.17, 15) is 18.0 Å². The summed E-state index contributed by atoms with van der Waals surface area (Å²) in [6.45, 7) is 1.61. The number of rotatable bonds is 8. The van der Waals surface area contributed by atoms with Crippen molar-refractivity contribution in [2.75, 3.05) is 19.3 Å². The Kier molecular flexibility index (Phi) is 6.74. The molecule has 0 heterocycles. The highest BCUT2D eigenvalue weighted by Gasteiger charge is 2.21. The van der Waals surface area contributed by atoms with Crippen molar-refractivity contribution in [3.8, 4) is 0 Å². The van der Waals surface area contributed by atoms with Crippen LogP contribution in [0.1, 0.15) is 28.4 Å². The summed E-state index contributed by atoms with van der Waals surface area (Å²) in [6, 6.07) is 13.9. The number of carboxylic acid groups (broad SMARTS) is 1. The second kappa shape index (κ2) is 8.81. The molecule has 0 bridgehead atoms. The first kappa shape index (κ1) is 20.6. The van der Waals surface area contributed by atoms with E-state index in [0.29, 0.717) is 18.4 Å². The summed E-state index contributed by atoms with van der Waals surface area (Å²) in [4.78, 5) is 25.4. The Balaban J connectivity index is 2.30. The van der Waals surface area contributed by atoms with Gasteiger partial charge in [-0.15, -0.1) is 0 Å². The van der Waals surface area contributed by atoms with E-state index < -0.39 is 28.3 Å². The van der Waals surface area contributed by atoms with Crippen molar-refractivity contribution in [1.82, 2.24) is 4.90 Å². The molecule has 0 aromatic heterocycles. The molecule has 0 fully saturated rings. The van der Waals surface area contributed by atoms with Gasteiger partial charge in [-0.2, -0.15) is 0 Å². The maximum atomic E-state index is 12.8. The van der Waals surface area contributed by atoms with Crippen molar-refractivity contribution in [2.24, 2.45) is 0 Å². The van der Waals surface area contributed by atoms with E-state index in [4.69, 9.17) is 5.11 Å². The molecule has 0 aliphatic rings. The maximum absolute atomic E-state index is 12.8. The maximum Gasteiger partial charge on any atom is 0.323 e. The average Bonchev–Trinajstić information content (AvgIpc) is 2.64. The van der Waals surface area contributed by atoms with Crippen LogP contribution in [0.5, 0.6) is 0 Å². The van der Waals surface area contributed by atoms with Gasteiger partial charge in [-0.3, -0.25) is 9.59 Å². The highest BCUT2D eigenvalue weighted by atomic mass is 32.2. The Morgan fingerprint density at radius 2 is 1.74 bits per heavy atom. The number of amides is 1. The van der Waals surface area contributed by atoms with Crippen LogP contribution in [-0.2, 0) is 27.5 Å². The van der Waals surface area contributed by atoms with Crippen LogP contribution >= 0.6 is 0 Å². The average molecular weight is 389 g/mol. The Morgan fingerprint density at radius 1 is 1.07 bits per heavy atom. The number of hydrogen-bond acceptors (Lipinski definition) is 4. The van der Waals surface area contributed by atoms with Gasteiger partial charge < -0.3 is 10.0 Å². The molecule has 0 unspecified atom stereocenters. The summed E-state index contributed by atoms with van der Waals surface area (Å²) < 4.78 is 24.1. The van der Waals surface area contributed by atoms with Crippen LogP contribution in [0.15, 0.2) is 53.4 Å². The zero-order valence-corrected chi connectivity index (χ0v) is 16.2. The topological polar surface area (TPSA) is 91.8 Å². The molecule has 2 rings (SSSR count). The fourth-order valence-electron chi connectivity index (χ4n) is 2.83. The molecule has 0 aliphatic heterocycles. The third-order valence-corrected chi connectivity index (χ3v) is 5.40. The molecule has 0 atom stereocenters. The van der Waals surface area contributed by atoms with Crippen molar-refractivity contribution in [3.05, 3.63) is 65.2 Å². The van der Waals surface area contributed by atoms with Gasteiger partial charge in [-0.25, -0.2) is 8.42 Å². The molecular formula is C20H23NO5S. The number of aryl methyl sites for hydroxylation is 1. The monoisotopic (exact) mass is 389 g/mol. The largest absolute Gasteiger partial charge is 0.480 e. The van der Waals surface area contributed by atoms with E-state index in [2.05, 4.69) is 0 Å². The predicted molar refractivity (Wildman–Crippen MR) is 103 cm³/mol. The summed E-state index contributed by atoms with van der Waals surface area (Å²) >= 11 is 0. The van der Waals surface area contributed by atoms with Gasteiger partial charge in [0.05, 0.1) is 4.90 Å². The molecule has 0 radical (unpaired) electrons. The van der Waals surface area contributed by atoms with E-state index in [0.717, 1.165) is 11.8 Å². The van der Waals surface area contributed by atoms with Crippen LogP contribution in [0.25, 0.3) is 0 Å². The molecular weight excluding hydrogens is 366 g/mol. The van der Waals surface area contributed by atoms with Crippen LogP contribution in [0.4, 0.5) is 0 Å². The number of sulfone groups is 1. The molecule has 1 N–H and O–H groups in total. The summed E-state index contributed by atoms with van der Waals surface area (Å²) in [5.74, 6) is -1.62. The Bertz CT molecular complexity index is 923. The third-order valence-electron chi connectivity index (χ3n) is 4.22. The molecule has 6 nitrogen and oxygen atoms in total. The lowest BCUT2D eigenvalue weighted by molar-refractivity contribution is -0.137. The van der Waals surface area contributed by atoms with Crippen LogP contribution < -0.4 is 0 Å². The van der Waals surface area contributed by atoms with Gasteiger partial charge in [-0.1, -0.05) is 43.3 Å². The number of benzene rings is 2. The normalized spacial score (nSPS) is 11.2. The quantitative estimate of drug-likeness (QED) is 0.749. The van der Waals surface area contributed by atoms with Gasteiger partial charge in [-0.05, 0) is 36.1 Å². The van der Waals surface area contributed by atoms with E-state index in [1.54, 1.807) is 12.1 Å². The highest BCUT2D eigenvalue weighted by molar-refractivity contribution is 7.90. The lowest BCUT2D eigenvalue weighted by Crippen LogP contribution is -2.37. The van der Waals surface area contributed by atoms with Crippen LogP contribution in [0.3, 0.4) is 0 Å². The van der Waals surface area contributed by atoms with Crippen LogP contribution in [0.2, 0.25) is 0 Å².